The zero-order valence-corrected chi connectivity index (χ0v) is 8.48. The Labute approximate surface area is 74.9 Å². The van der Waals surface area contributed by atoms with Crippen LogP contribution in [0.1, 0.15) is 40.5 Å². The molecule has 1 unspecified atom stereocenters. The first-order chi connectivity index (χ1) is 5.57. The summed E-state index contributed by atoms with van der Waals surface area (Å²) in [5.74, 6) is 1.51. The maximum Gasteiger partial charge on any atom is 0.159 e. The van der Waals surface area contributed by atoms with Crippen LogP contribution in [0.15, 0.2) is 11.1 Å². The summed E-state index contributed by atoms with van der Waals surface area (Å²) >= 11 is 0. The Hall–Kier alpha value is -0.590. The van der Waals surface area contributed by atoms with Crippen molar-refractivity contribution in [1.29, 1.82) is 0 Å². The van der Waals surface area contributed by atoms with Crippen LogP contribution >= 0.6 is 0 Å². The van der Waals surface area contributed by atoms with Crippen molar-refractivity contribution in [3.05, 3.63) is 11.1 Å². The Morgan fingerprint density at radius 3 is 2.33 bits per heavy atom. The van der Waals surface area contributed by atoms with E-state index in [2.05, 4.69) is 27.7 Å². The van der Waals surface area contributed by atoms with Gasteiger partial charge in [-0.2, -0.15) is 0 Å². The topological polar surface area (TPSA) is 17.1 Å². The van der Waals surface area contributed by atoms with Gasteiger partial charge in [-0.3, -0.25) is 4.79 Å². The van der Waals surface area contributed by atoms with E-state index in [0.29, 0.717) is 17.6 Å². The Morgan fingerprint density at radius 2 is 2.08 bits per heavy atom. The lowest BCUT2D eigenvalue weighted by Gasteiger charge is -2.14. The molecule has 0 N–H and O–H groups in total. The van der Waals surface area contributed by atoms with Gasteiger partial charge < -0.3 is 0 Å². The van der Waals surface area contributed by atoms with Gasteiger partial charge in [0.15, 0.2) is 5.78 Å². The molecule has 1 aliphatic rings. The van der Waals surface area contributed by atoms with Crippen LogP contribution in [-0.2, 0) is 4.79 Å². The molecule has 0 saturated carbocycles. The predicted molar refractivity (Wildman–Crippen MR) is 50.9 cm³/mol. The first-order valence-corrected chi connectivity index (χ1v) is 4.80. The maximum atomic E-state index is 11.5. The van der Waals surface area contributed by atoms with Crippen molar-refractivity contribution in [3.8, 4) is 0 Å². The van der Waals surface area contributed by atoms with E-state index in [9.17, 15) is 4.79 Å². The Kier molecular flexibility index (Phi) is 2.71. The van der Waals surface area contributed by atoms with Gasteiger partial charge >= 0.3 is 0 Å². The molecule has 1 nitrogen and oxygen atoms in total. The molecule has 1 rings (SSSR count). The molecule has 0 aromatic heterocycles. The monoisotopic (exact) mass is 166 g/mol. The van der Waals surface area contributed by atoms with Crippen LogP contribution in [0.5, 0.6) is 0 Å². The van der Waals surface area contributed by atoms with E-state index in [1.807, 2.05) is 0 Å². The maximum absolute atomic E-state index is 11.5. The summed E-state index contributed by atoms with van der Waals surface area (Å²) in [5.41, 5.74) is 2.44. The number of hydrogen-bond donors (Lipinski definition) is 0. The molecule has 0 spiro atoms. The number of rotatable bonds is 2. The lowest BCUT2D eigenvalue weighted by atomic mass is 9.90. The summed E-state index contributed by atoms with van der Waals surface area (Å²) in [6.07, 6.45) is 1.67. The van der Waals surface area contributed by atoms with Gasteiger partial charge in [0.05, 0.1) is 0 Å². The number of ketones is 1. The average molecular weight is 166 g/mol. The number of allylic oxidation sites excluding steroid dienone is 2. The molecule has 1 atom stereocenters. The zero-order valence-electron chi connectivity index (χ0n) is 8.48. The van der Waals surface area contributed by atoms with E-state index < -0.39 is 0 Å². The van der Waals surface area contributed by atoms with E-state index in [1.54, 1.807) is 0 Å². The van der Waals surface area contributed by atoms with Crippen LogP contribution in [0.25, 0.3) is 0 Å². The Bertz CT molecular complexity index is 223. The predicted octanol–water partition coefficient (Wildman–Crippen LogP) is 2.96. The fraction of sp³-hybridized carbons (Fsp3) is 0.727. The van der Waals surface area contributed by atoms with Crippen LogP contribution in [-0.4, -0.2) is 5.78 Å². The lowest BCUT2D eigenvalue weighted by molar-refractivity contribution is -0.115. The van der Waals surface area contributed by atoms with Crippen molar-refractivity contribution in [2.24, 2.45) is 11.8 Å². The van der Waals surface area contributed by atoms with E-state index in [-0.39, 0.29) is 0 Å². The average Bonchev–Trinajstić information content (AvgIpc) is 2.27. The first-order valence-electron chi connectivity index (χ1n) is 4.80. The number of carbonyl (C=O) groups is 1. The van der Waals surface area contributed by atoms with Gasteiger partial charge in [0.25, 0.3) is 0 Å². The van der Waals surface area contributed by atoms with Crippen molar-refractivity contribution < 1.29 is 4.79 Å². The minimum absolute atomic E-state index is 0.383. The fourth-order valence-corrected chi connectivity index (χ4v) is 2.13. The fourth-order valence-electron chi connectivity index (χ4n) is 2.13. The van der Waals surface area contributed by atoms with Gasteiger partial charge in [0.1, 0.15) is 0 Å². The molecule has 1 aliphatic carbocycles. The zero-order chi connectivity index (χ0) is 9.30. The standard InChI is InChI=1S/C11H18O/c1-5-9-8(4)10(7(2)3)6-11(9)12/h7,10H,5-6H2,1-4H3. The molecule has 0 aromatic carbocycles. The minimum Gasteiger partial charge on any atom is -0.295 e. The second kappa shape index (κ2) is 3.42. The highest BCUT2D eigenvalue weighted by Gasteiger charge is 2.29. The molecular formula is C11H18O. The van der Waals surface area contributed by atoms with Gasteiger partial charge in [0, 0.05) is 6.42 Å². The summed E-state index contributed by atoms with van der Waals surface area (Å²) in [6, 6.07) is 0. The van der Waals surface area contributed by atoms with Crippen LogP contribution in [0.3, 0.4) is 0 Å². The molecule has 0 aromatic rings. The lowest BCUT2D eigenvalue weighted by Crippen LogP contribution is -2.07. The molecular weight excluding hydrogens is 148 g/mol. The van der Waals surface area contributed by atoms with Crippen molar-refractivity contribution in [1.82, 2.24) is 0 Å². The number of carbonyl (C=O) groups excluding carboxylic acids is 1. The third-order valence-electron chi connectivity index (χ3n) is 2.93. The van der Waals surface area contributed by atoms with Crippen molar-refractivity contribution in [2.75, 3.05) is 0 Å². The largest absolute Gasteiger partial charge is 0.295 e. The molecule has 0 heterocycles. The molecule has 0 bridgehead atoms. The SMILES string of the molecule is CCC1=C(C)C(C(C)C)CC1=O. The Balaban J connectivity index is 2.89. The quantitative estimate of drug-likeness (QED) is 0.616. The van der Waals surface area contributed by atoms with Gasteiger partial charge in [-0.05, 0) is 30.8 Å². The van der Waals surface area contributed by atoms with Crippen LogP contribution in [0.4, 0.5) is 0 Å². The molecule has 12 heavy (non-hydrogen) atoms. The van der Waals surface area contributed by atoms with E-state index >= 15 is 0 Å². The molecule has 1 heteroatoms. The van der Waals surface area contributed by atoms with Crippen molar-refractivity contribution >= 4 is 5.78 Å². The summed E-state index contributed by atoms with van der Waals surface area (Å²) < 4.78 is 0. The highest BCUT2D eigenvalue weighted by Crippen LogP contribution is 2.35. The second-order valence-electron chi connectivity index (χ2n) is 3.99. The molecule has 0 fully saturated rings. The molecule has 0 amide bonds. The van der Waals surface area contributed by atoms with Crippen molar-refractivity contribution in [2.45, 2.75) is 40.5 Å². The number of Topliss-reactive ketones (excluding diaryl/α,β-unsaturated/α-hetero) is 1. The molecule has 68 valence electrons. The first kappa shape index (κ1) is 9.50. The summed E-state index contributed by atoms with van der Waals surface area (Å²) in [4.78, 5) is 11.5. The summed E-state index contributed by atoms with van der Waals surface area (Å²) in [5, 5.41) is 0. The minimum atomic E-state index is 0.383. The van der Waals surface area contributed by atoms with Crippen LogP contribution in [0.2, 0.25) is 0 Å². The van der Waals surface area contributed by atoms with Crippen molar-refractivity contribution in [3.63, 3.8) is 0 Å². The van der Waals surface area contributed by atoms with Gasteiger partial charge in [-0.25, -0.2) is 0 Å². The molecule has 0 saturated heterocycles. The van der Waals surface area contributed by atoms with Gasteiger partial charge in [-0.1, -0.05) is 26.3 Å². The second-order valence-corrected chi connectivity index (χ2v) is 3.99. The summed E-state index contributed by atoms with van der Waals surface area (Å²) in [7, 11) is 0. The normalized spacial score (nSPS) is 24.4. The van der Waals surface area contributed by atoms with Crippen LogP contribution in [0, 0.1) is 11.8 Å². The van der Waals surface area contributed by atoms with Gasteiger partial charge in [-0.15, -0.1) is 0 Å². The number of hydrogen-bond acceptors (Lipinski definition) is 1. The molecule has 0 radical (unpaired) electrons. The van der Waals surface area contributed by atoms with E-state index in [0.717, 1.165) is 18.4 Å². The highest BCUT2D eigenvalue weighted by molar-refractivity contribution is 5.99. The smallest absolute Gasteiger partial charge is 0.159 e. The Morgan fingerprint density at radius 1 is 1.50 bits per heavy atom. The van der Waals surface area contributed by atoms with Crippen LogP contribution < -0.4 is 0 Å². The van der Waals surface area contributed by atoms with E-state index in [4.69, 9.17) is 0 Å². The van der Waals surface area contributed by atoms with E-state index in [1.165, 1.54) is 5.57 Å². The highest BCUT2D eigenvalue weighted by atomic mass is 16.1. The van der Waals surface area contributed by atoms with Gasteiger partial charge in [0.2, 0.25) is 0 Å². The third kappa shape index (κ3) is 1.45. The molecule has 0 aliphatic heterocycles. The third-order valence-corrected chi connectivity index (χ3v) is 2.93. The summed E-state index contributed by atoms with van der Waals surface area (Å²) in [6.45, 7) is 8.58.